The lowest BCUT2D eigenvalue weighted by Crippen LogP contribution is -2.38. The molecule has 1 fully saturated rings. The van der Waals surface area contributed by atoms with Crippen LogP contribution in [0.3, 0.4) is 0 Å². The van der Waals surface area contributed by atoms with E-state index >= 15 is 0 Å². The first-order valence-electron chi connectivity index (χ1n) is 11.1. The molecular formula is C25H26BrFN4S. The van der Waals surface area contributed by atoms with E-state index in [1.165, 1.54) is 60.9 Å². The van der Waals surface area contributed by atoms with Crippen molar-refractivity contribution in [1.29, 1.82) is 0 Å². The third-order valence-electron chi connectivity index (χ3n) is 6.53. The maximum Gasteiger partial charge on any atom is 0.175 e. The van der Waals surface area contributed by atoms with Gasteiger partial charge in [0.15, 0.2) is 5.11 Å². The summed E-state index contributed by atoms with van der Waals surface area (Å²) in [6, 6.07) is 11.4. The summed E-state index contributed by atoms with van der Waals surface area (Å²) in [6.45, 7) is 2.27. The van der Waals surface area contributed by atoms with Crippen LogP contribution >= 0.6 is 28.1 Å². The molecule has 1 unspecified atom stereocenters. The molecule has 0 saturated carbocycles. The number of nitrogens with one attached hydrogen (secondary N) is 3. The van der Waals surface area contributed by atoms with Crippen LogP contribution in [-0.4, -0.2) is 34.1 Å². The summed E-state index contributed by atoms with van der Waals surface area (Å²) in [5, 5.41) is 8.04. The molecule has 1 saturated heterocycles. The summed E-state index contributed by atoms with van der Waals surface area (Å²) in [5.74, 6) is -0.296. The molecule has 3 aromatic rings. The zero-order chi connectivity index (χ0) is 22.1. The molecule has 2 aromatic carbocycles. The molecule has 166 valence electrons. The van der Waals surface area contributed by atoms with E-state index in [2.05, 4.69) is 60.9 Å². The molecule has 3 N–H and O–H groups in total. The summed E-state index contributed by atoms with van der Waals surface area (Å²) in [7, 11) is 0. The van der Waals surface area contributed by atoms with Crippen LogP contribution in [0.4, 0.5) is 15.8 Å². The van der Waals surface area contributed by atoms with Gasteiger partial charge < -0.3 is 15.6 Å². The minimum Gasteiger partial charge on any atom is -0.361 e. The van der Waals surface area contributed by atoms with Gasteiger partial charge in [0.2, 0.25) is 0 Å². The molecule has 0 bridgehead atoms. The van der Waals surface area contributed by atoms with Gasteiger partial charge in [0.1, 0.15) is 5.82 Å². The molecule has 32 heavy (non-hydrogen) atoms. The predicted octanol–water partition coefficient (Wildman–Crippen LogP) is 6.91. The van der Waals surface area contributed by atoms with E-state index in [1.54, 1.807) is 6.07 Å². The number of aromatic nitrogens is 1. The van der Waals surface area contributed by atoms with Gasteiger partial charge in [-0.15, -0.1) is 0 Å². The number of benzene rings is 2. The Labute approximate surface area is 201 Å². The maximum atomic E-state index is 13.3. The maximum absolute atomic E-state index is 13.3. The Morgan fingerprint density at radius 3 is 2.91 bits per heavy atom. The molecule has 5 rings (SSSR count). The van der Waals surface area contributed by atoms with Gasteiger partial charge in [-0.05, 0) is 102 Å². The number of hydrogen-bond donors (Lipinski definition) is 3. The number of piperidine rings is 1. The Bertz CT molecular complexity index is 1190. The Morgan fingerprint density at radius 2 is 2.03 bits per heavy atom. The fourth-order valence-corrected chi connectivity index (χ4v) is 5.54. The van der Waals surface area contributed by atoms with Crippen molar-refractivity contribution >= 4 is 61.1 Å². The average molecular weight is 513 g/mol. The lowest BCUT2D eigenvalue weighted by atomic mass is 9.95. The van der Waals surface area contributed by atoms with Gasteiger partial charge in [-0.3, -0.25) is 4.90 Å². The van der Waals surface area contributed by atoms with Crippen LogP contribution in [0, 0.1) is 5.82 Å². The number of thiocarbonyl (C=S) groups is 1. The molecule has 0 spiro atoms. The van der Waals surface area contributed by atoms with Crippen LogP contribution in [0.2, 0.25) is 0 Å². The highest BCUT2D eigenvalue weighted by Crippen LogP contribution is 2.34. The molecule has 2 aliphatic heterocycles. The molecule has 4 nitrogen and oxygen atoms in total. The standard InChI is InChI=1S/C25H26BrFN4S/c26-22-13-17(27)5-8-24(22)30-25(32)29-18-6-9-23-20(14-18)21(15-28-23)16-4-7-19-3-1-2-11-31(19)12-10-16/h5-6,8-10,13-15,19,28H,1-4,7,11-12H2,(H2,29,30,32). The molecule has 0 aliphatic carbocycles. The molecule has 7 heteroatoms. The number of hydrogen-bond acceptors (Lipinski definition) is 2. The summed E-state index contributed by atoms with van der Waals surface area (Å²) >= 11 is 8.85. The van der Waals surface area contributed by atoms with Crippen molar-refractivity contribution in [3.8, 4) is 0 Å². The van der Waals surface area contributed by atoms with Gasteiger partial charge in [0, 0.05) is 45.4 Å². The van der Waals surface area contributed by atoms with Crippen molar-refractivity contribution in [1.82, 2.24) is 9.88 Å². The molecule has 1 aromatic heterocycles. The number of fused-ring (bicyclic) bond motifs is 2. The lowest BCUT2D eigenvalue weighted by Gasteiger charge is -2.33. The smallest absolute Gasteiger partial charge is 0.175 e. The minimum atomic E-state index is -0.296. The van der Waals surface area contributed by atoms with E-state index in [0.717, 1.165) is 30.2 Å². The van der Waals surface area contributed by atoms with Gasteiger partial charge in [-0.25, -0.2) is 4.39 Å². The predicted molar refractivity (Wildman–Crippen MR) is 139 cm³/mol. The zero-order valence-electron chi connectivity index (χ0n) is 17.8. The Balaban J connectivity index is 1.34. The van der Waals surface area contributed by atoms with Crippen LogP contribution in [0.25, 0.3) is 16.5 Å². The van der Waals surface area contributed by atoms with Gasteiger partial charge in [0.05, 0.1) is 5.69 Å². The van der Waals surface area contributed by atoms with Crippen LogP contribution in [0.5, 0.6) is 0 Å². The number of H-pyrrole nitrogens is 1. The summed E-state index contributed by atoms with van der Waals surface area (Å²) in [6.07, 6.45) is 10.9. The van der Waals surface area contributed by atoms with Crippen molar-refractivity contribution in [3.63, 3.8) is 0 Å². The molecule has 0 amide bonds. The van der Waals surface area contributed by atoms with E-state index < -0.39 is 0 Å². The second kappa shape index (κ2) is 9.33. The fraction of sp³-hybridized carbons (Fsp3) is 0.320. The molecule has 0 radical (unpaired) electrons. The van der Waals surface area contributed by atoms with Gasteiger partial charge in [-0.2, -0.15) is 0 Å². The number of rotatable bonds is 3. The molecule has 2 aliphatic rings. The van der Waals surface area contributed by atoms with Crippen molar-refractivity contribution in [3.05, 3.63) is 64.5 Å². The zero-order valence-corrected chi connectivity index (χ0v) is 20.2. The monoisotopic (exact) mass is 512 g/mol. The van der Waals surface area contributed by atoms with Crippen molar-refractivity contribution in [2.24, 2.45) is 0 Å². The van der Waals surface area contributed by atoms with E-state index in [4.69, 9.17) is 12.2 Å². The van der Waals surface area contributed by atoms with Gasteiger partial charge in [0.25, 0.3) is 0 Å². The van der Waals surface area contributed by atoms with E-state index in [1.807, 2.05) is 6.07 Å². The van der Waals surface area contributed by atoms with Crippen molar-refractivity contribution < 1.29 is 4.39 Å². The van der Waals surface area contributed by atoms with Crippen molar-refractivity contribution in [2.45, 2.75) is 38.1 Å². The van der Waals surface area contributed by atoms with E-state index in [9.17, 15) is 4.39 Å². The Hall–Kier alpha value is -2.22. The highest BCUT2D eigenvalue weighted by molar-refractivity contribution is 9.10. The number of halogens is 2. The van der Waals surface area contributed by atoms with E-state index in [-0.39, 0.29) is 5.82 Å². The Kier molecular flexibility index (Phi) is 6.31. The third-order valence-corrected chi connectivity index (χ3v) is 7.39. The molecule has 3 heterocycles. The normalized spacial score (nSPS) is 19.2. The first kappa shape index (κ1) is 21.6. The highest BCUT2D eigenvalue weighted by atomic mass is 79.9. The van der Waals surface area contributed by atoms with Crippen LogP contribution in [0.15, 0.2) is 53.1 Å². The van der Waals surface area contributed by atoms with Crippen molar-refractivity contribution in [2.75, 3.05) is 23.7 Å². The topological polar surface area (TPSA) is 43.1 Å². The first-order valence-corrected chi connectivity index (χ1v) is 12.3. The largest absolute Gasteiger partial charge is 0.361 e. The quantitative estimate of drug-likeness (QED) is 0.333. The first-order chi connectivity index (χ1) is 15.6. The second-order valence-electron chi connectivity index (χ2n) is 8.58. The van der Waals surface area contributed by atoms with E-state index in [0.29, 0.717) is 15.3 Å². The second-order valence-corrected chi connectivity index (χ2v) is 9.84. The molecule has 1 atom stereocenters. The summed E-state index contributed by atoms with van der Waals surface area (Å²) < 4.78 is 14.0. The van der Waals surface area contributed by atoms with Crippen LogP contribution < -0.4 is 10.6 Å². The van der Waals surface area contributed by atoms with Gasteiger partial charge >= 0.3 is 0 Å². The number of nitrogens with zero attached hydrogens (tertiary/aromatic N) is 1. The molecular weight excluding hydrogens is 487 g/mol. The fourth-order valence-electron chi connectivity index (χ4n) is 4.86. The minimum absolute atomic E-state index is 0.296. The average Bonchev–Trinajstić information content (AvgIpc) is 3.07. The summed E-state index contributed by atoms with van der Waals surface area (Å²) in [4.78, 5) is 6.08. The highest BCUT2D eigenvalue weighted by Gasteiger charge is 2.24. The SMILES string of the molecule is Fc1ccc(NC(=S)Nc2ccc3[nH]cc(C4=CCN5CCCCC5CC4)c3c2)c(Br)c1. The van der Waals surface area contributed by atoms with Gasteiger partial charge in [-0.1, -0.05) is 12.5 Å². The third kappa shape index (κ3) is 4.60. The summed E-state index contributed by atoms with van der Waals surface area (Å²) in [5.41, 5.74) is 5.46. The number of aromatic amines is 1. The Morgan fingerprint density at radius 1 is 1.12 bits per heavy atom. The number of anilines is 2. The lowest BCUT2D eigenvalue weighted by molar-refractivity contribution is 0.161. The van der Waals surface area contributed by atoms with Crippen LogP contribution in [-0.2, 0) is 0 Å². The van der Waals surface area contributed by atoms with Crippen LogP contribution in [0.1, 0.15) is 37.7 Å². The number of allylic oxidation sites excluding steroid dienone is 1.